The van der Waals surface area contributed by atoms with E-state index >= 15 is 0 Å². The Morgan fingerprint density at radius 1 is 1.19 bits per heavy atom. The van der Waals surface area contributed by atoms with E-state index in [1.807, 2.05) is 24.3 Å². The number of rotatable bonds is 5. The Labute approximate surface area is 191 Å². The number of aromatic nitrogens is 2. The maximum Gasteiger partial charge on any atom is 0.263 e. The number of nitrogens with one attached hydrogen (secondary N) is 1. The SMILES string of the molecule is COc1cccc(-c2nc3sc4c(c3c(=O)n2CC(=O)NC2CCCCC2)CCCC4)c1. The van der Waals surface area contributed by atoms with Gasteiger partial charge in [0.15, 0.2) is 0 Å². The average Bonchev–Trinajstić information content (AvgIpc) is 3.20. The predicted octanol–water partition coefficient (Wildman–Crippen LogP) is 4.46. The van der Waals surface area contributed by atoms with Gasteiger partial charge in [0.2, 0.25) is 5.91 Å². The van der Waals surface area contributed by atoms with Gasteiger partial charge in [-0.3, -0.25) is 14.2 Å². The van der Waals surface area contributed by atoms with Gasteiger partial charge in [0.05, 0.1) is 12.5 Å². The third-order valence-corrected chi connectivity index (χ3v) is 7.86. The van der Waals surface area contributed by atoms with Gasteiger partial charge in [0.25, 0.3) is 5.56 Å². The molecule has 2 aliphatic carbocycles. The summed E-state index contributed by atoms with van der Waals surface area (Å²) in [5.74, 6) is 1.10. The van der Waals surface area contributed by atoms with E-state index in [9.17, 15) is 9.59 Å². The van der Waals surface area contributed by atoms with Crippen molar-refractivity contribution in [2.24, 2.45) is 0 Å². The molecule has 0 saturated heterocycles. The molecule has 2 aromatic heterocycles. The van der Waals surface area contributed by atoms with Gasteiger partial charge < -0.3 is 10.1 Å². The number of thiophene rings is 1. The number of carbonyl (C=O) groups excluding carboxylic acids is 1. The molecular weight excluding hydrogens is 422 g/mol. The monoisotopic (exact) mass is 451 g/mol. The van der Waals surface area contributed by atoms with E-state index in [2.05, 4.69) is 5.32 Å². The summed E-state index contributed by atoms with van der Waals surface area (Å²) in [4.78, 5) is 33.7. The lowest BCUT2D eigenvalue weighted by atomic mass is 9.95. The van der Waals surface area contributed by atoms with Crippen LogP contribution < -0.4 is 15.6 Å². The Morgan fingerprint density at radius 2 is 2.00 bits per heavy atom. The number of ether oxygens (including phenoxy) is 1. The van der Waals surface area contributed by atoms with Crippen LogP contribution in [0.15, 0.2) is 29.1 Å². The number of hydrogen-bond acceptors (Lipinski definition) is 5. The van der Waals surface area contributed by atoms with Crippen LogP contribution in [-0.2, 0) is 24.2 Å². The smallest absolute Gasteiger partial charge is 0.263 e. The van der Waals surface area contributed by atoms with E-state index in [1.54, 1.807) is 23.0 Å². The molecule has 1 fully saturated rings. The molecule has 0 aliphatic heterocycles. The Hall–Kier alpha value is -2.67. The highest BCUT2D eigenvalue weighted by Gasteiger charge is 2.24. The van der Waals surface area contributed by atoms with E-state index in [-0.39, 0.29) is 24.1 Å². The minimum atomic E-state index is -0.117. The minimum Gasteiger partial charge on any atom is -0.497 e. The molecular formula is C25H29N3O3S. The maximum absolute atomic E-state index is 13.8. The van der Waals surface area contributed by atoms with Gasteiger partial charge in [-0.1, -0.05) is 31.4 Å². The highest BCUT2D eigenvalue weighted by molar-refractivity contribution is 7.18. The fraction of sp³-hybridized carbons (Fsp3) is 0.480. The van der Waals surface area contributed by atoms with Crippen molar-refractivity contribution in [1.82, 2.24) is 14.9 Å². The molecule has 32 heavy (non-hydrogen) atoms. The fourth-order valence-electron chi connectivity index (χ4n) is 5.03. The number of amides is 1. The van der Waals surface area contributed by atoms with Crippen molar-refractivity contribution in [3.63, 3.8) is 0 Å². The zero-order valence-electron chi connectivity index (χ0n) is 18.5. The van der Waals surface area contributed by atoms with Crippen molar-refractivity contribution >= 4 is 27.5 Å². The molecule has 5 rings (SSSR count). The first-order chi connectivity index (χ1) is 15.6. The number of benzene rings is 1. The number of nitrogens with zero attached hydrogens (tertiary/aromatic N) is 2. The van der Waals surface area contributed by atoms with Crippen molar-refractivity contribution in [3.05, 3.63) is 45.1 Å². The van der Waals surface area contributed by atoms with Gasteiger partial charge in [-0.15, -0.1) is 11.3 Å². The molecule has 0 radical (unpaired) electrons. The second-order valence-corrected chi connectivity index (χ2v) is 9.94. The molecule has 1 aromatic carbocycles. The molecule has 7 heteroatoms. The number of methoxy groups -OCH3 is 1. The van der Waals surface area contributed by atoms with Gasteiger partial charge in [-0.25, -0.2) is 4.98 Å². The second-order valence-electron chi connectivity index (χ2n) is 8.85. The number of fused-ring (bicyclic) bond motifs is 3. The Morgan fingerprint density at radius 3 is 2.81 bits per heavy atom. The normalized spacial score (nSPS) is 16.7. The van der Waals surface area contributed by atoms with Crippen LogP contribution in [-0.4, -0.2) is 28.6 Å². The summed E-state index contributed by atoms with van der Waals surface area (Å²) in [6, 6.07) is 7.74. The Balaban J connectivity index is 1.59. The summed E-state index contributed by atoms with van der Waals surface area (Å²) in [5, 5.41) is 3.86. The van der Waals surface area contributed by atoms with Crippen LogP contribution in [0.25, 0.3) is 21.6 Å². The first-order valence-corrected chi connectivity index (χ1v) is 12.4. The zero-order chi connectivity index (χ0) is 22.1. The molecule has 0 spiro atoms. The van der Waals surface area contributed by atoms with Crippen LogP contribution in [0.1, 0.15) is 55.4 Å². The standard InChI is InChI=1S/C25H29N3O3S/c1-31-18-11-7-8-16(14-18)23-27-24-22(19-12-5-6-13-20(19)32-24)25(30)28(23)15-21(29)26-17-9-3-2-4-10-17/h7-8,11,14,17H,2-6,9-10,12-13,15H2,1H3,(H,26,29). The second kappa shape index (κ2) is 9.06. The molecule has 0 bridgehead atoms. The summed E-state index contributed by atoms with van der Waals surface area (Å²) in [6.45, 7) is -0.0184. The highest BCUT2D eigenvalue weighted by Crippen LogP contribution is 2.35. The number of carbonyl (C=O) groups is 1. The number of hydrogen-bond donors (Lipinski definition) is 1. The lowest BCUT2D eigenvalue weighted by Crippen LogP contribution is -2.40. The van der Waals surface area contributed by atoms with Gasteiger partial charge in [0.1, 0.15) is 22.9 Å². The Kier molecular flexibility index (Phi) is 6.00. The van der Waals surface area contributed by atoms with Crippen molar-refractivity contribution in [3.8, 4) is 17.1 Å². The van der Waals surface area contributed by atoms with Crippen molar-refractivity contribution in [2.75, 3.05) is 7.11 Å². The van der Waals surface area contributed by atoms with Crippen LogP contribution in [0.4, 0.5) is 0 Å². The van der Waals surface area contributed by atoms with Crippen LogP contribution in [0.3, 0.4) is 0 Å². The van der Waals surface area contributed by atoms with Gasteiger partial charge >= 0.3 is 0 Å². The largest absolute Gasteiger partial charge is 0.497 e. The van der Waals surface area contributed by atoms with Crippen molar-refractivity contribution in [2.45, 2.75) is 70.4 Å². The van der Waals surface area contributed by atoms with Crippen molar-refractivity contribution < 1.29 is 9.53 Å². The van der Waals surface area contributed by atoms with Crippen LogP contribution in [0, 0.1) is 0 Å². The first kappa shape index (κ1) is 21.2. The Bertz CT molecular complexity index is 1210. The topological polar surface area (TPSA) is 73.2 Å². The predicted molar refractivity (Wildman–Crippen MR) is 128 cm³/mol. The first-order valence-electron chi connectivity index (χ1n) is 11.6. The summed E-state index contributed by atoms with van der Waals surface area (Å²) in [6.07, 6.45) is 9.72. The van der Waals surface area contributed by atoms with Gasteiger partial charge in [-0.05, 0) is 56.2 Å². The lowest BCUT2D eigenvalue weighted by Gasteiger charge is -2.23. The molecule has 1 N–H and O–H groups in total. The summed E-state index contributed by atoms with van der Waals surface area (Å²) < 4.78 is 6.96. The lowest BCUT2D eigenvalue weighted by molar-refractivity contribution is -0.122. The molecule has 1 amide bonds. The maximum atomic E-state index is 13.8. The van der Waals surface area contributed by atoms with Crippen LogP contribution >= 0.6 is 11.3 Å². The van der Waals surface area contributed by atoms with Gasteiger partial charge in [0, 0.05) is 16.5 Å². The van der Waals surface area contributed by atoms with E-state index in [0.717, 1.165) is 67.3 Å². The summed E-state index contributed by atoms with van der Waals surface area (Å²) in [5.41, 5.74) is 1.82. The van der Waals surface area contributed by atoms with Crippen molar-refractivity contribution in [1.29, 1.82) is 0 Å². The van der Waals surface area contributed by atoms with E-state index in [4.69, 9.17) is 9.72 Å². The molecule has 1 saturated carbocycles. The fourth-order valence-corrected chi connectivity index (χ4v) is 6.28. The molecule has 6 nitrogen and oxygen atoms in total. The summed E-state index contributed by atoms with van der Waals surface area (Å²) in [7, 11) is 1.62. The quantitative estimate of drug-likeness (QED) is 0.622. The van der Waals surface area contributed by atoms with Crippen LogP contribution in [0.5, 0.6) is 5.75 Å². The van der Waals surface area contributed by atoms with E-state index in [0.29, 0.717) is 17.0 Å². The van der Waals surface area contributed by atoms with Gasteiger partial charge in [-0.2, -0.15) is 0 Å². The number of aryl methyl sites for hydroxylation is 2. The van der Waals surface area contributed by atoms with E-state index < -0.39 is 0 Å². The molecule has 168 valence electrons. The molecule has 2 heterocycles. The van der Waals surface area contributed by atoms with E-state index in [1.165, 1.54) is 11.3 Å². The summed E-state index contributed by atoms with van der Waals surface area (Å²) >= 11 is 1.63. The highest BCUT2D eigenvalue weighted by atomic mass is 32.1. The third-order valence-electron chi connectivity index (χ3n) is 6.67. The van der Waals surface area contributed by atoms with Crippen LogP contribution in [0.2, 0.25) is 0 Å². The third kappa shape index (κ3) is 4.06. The molecule has 0 unspecified atom stereocenters. The average molecular weight is 452 g/mol. The molecule has 2 aliphatic rings. The minimum absolute atomic E-state index is 0.0184. The molecule has 3 aromatic rings. The molecule has 0 atom stereocenters. The zero-order valence-corrected chi connectivity index (χ0v) is 19.3.